The summed E-state index contributed by atoms with van der Waals surface area (Å²) in [5.74, 6) is 0. The predicted octanol–water partition coefficient (Wildman–Crippen LogP) is 16.3. The molecule has 0 N–H and O–H groups in total. The second kappa shape index (κ2) is 13.7. The van der Waals surface area contributed by atoms with Crippen LogP contribution in [0.4, 0.5) is 0 Å². The largest absolute Gasteiger partial charge is 0.309 e. The smallest absolute Gasteiger partial charge is 0.0541 e. The molecule has 2 heteroatoms. The van der Waals surface area contributed by atoms with Gasteiger partial charge in [-0.15, -0.1) is 0 Å². The molecule has 0 aliphatic rings. The number of benzene rings is 11. The topological polar surface area (TPSA) is 9.86 Å². The van der Waals surface area contributed by atoms with Crippen LogP contribution >= 0.6 is 0 Å². The summed E-state index contributed by atoms with van der Waals surface area (Å²) in [5, 5.41) is 12.8. The van der Waals surface area contributed by atoms with Crippen LogP contribution in [0.5, 0.6) is 0 Å². The van der Waals surface area contributed by atoms with Gasteiger partial charge in [0.15, 0.2) is 0 Å². The Kier molecular flexibility index (Phi) is 7.64. The number of para-hydroxylation sites is 3. The first kappa shape index (κ1) is 34.6. The van der Waals surface area contributed by atoms with Gasteiger partial charge in [-0.25, -0.2) is 0 Å². The van der Waals surface area contributed by atoms with Crippen molar-refractivity contribution in [3.05, 3.63) is 231 Å². The molecule has 0 saturated carbocycles. The van der Waals surface area contributed by atoms with Crippen molar-refractivity contribution in [3.63, 3.8) is 0 Å². The highest BCUT2D eigenvalue weighted by Crippen LogP contribution is 2.40. The molecule has 288 valence electrons. The maximum Gasteiger partial charge on any atom is 0.0541 e. The van der Waals surface area contributed by atoms with Gasteiger partial charge in [-0.3, -0.25) is 0 Å². The molecule has 0 atom stereocenters. The number of hydrogen-bond donors (Lipinski definition) is 0. The normalized spacial score (nSPS) is 11.9. The van der Waals surface area contributed by atoms with Crippen molar-refractivity contribution in [2.75, 3.05) is 0 Å². The summed E-state index contributed by atoms with van der Waals surface area (Å²) in [7, 11) is 0. The van der Waals surface area contributed by atoms with Gasteiger partial charge in [-0.1, -0.05) is 164 Å². The highest BCUT2D eigenvalue weighted by molar-refractivity contribution is 6.25. The molecule has 0 fully saturated rings. The molecule has 13 rings (SSSR count). The number of fused-ring (bicyclic) bond motifs is 12. The lowest BCUT2D eigenvalue weighted by Crippen LogP contribution is -1.94. The van der Waals surface area contributed by atoms with Crippen molar-refractivity contribution < 1.29 is 0 Å². The molecular weight excluding hydrogens is 749 g/mol. The maximum absolute atomic E-state index is 2.41. The van der Waals surface area contributed by atoms with E-state index in [0.717, 1.165) is 5.69 Å². The van der Waals surface area contributed by atoms with E-state index in [9.17, 15) is 0 Å². The summed E-state index contributed by atoms with van der Waals surface area (Å²) >= 11 is 0. The first-order valence-corrected chi connectivity index (χ1v) is 21.4. The Balaban J connectivity index is 0.844. The van der Waals surface area contributed by atoms with Gasteiger partial charge in [0.2, 0.25) is 0 Å². The lowest BCUT2D eigenvalue weighted by molar-refractivity contribution is 1.18. The van der Waals surface area contributed by atoms with Crippen LogP contribution in [0.25, 0.3) is 121 Å². The highest BCUT2D eigenvalue weighted by atomic mass is 15.0. The standard InChI is InChI=1S/C60H38N2/c1-2-12-45(13-3-1)61-57-20-10-8-18-52(57)55-37-43(29-34-59(55)61)44-30-35-60-56(38-44)53-19-9-11-21-58(53)62(60)46-31-26-40(27-32-46)39-22-24-41(25-23-39)42-28-33-51-49-16-5-4-14-47(49)48-15-6-7-17-50(48)54(51)36-42/h1-38H. The van der Waals surface area contributed by atoms with E-state index in [4.69, 9.17) is 0 Å². The van der Waals surface area contributed by atoms with Crippen molar-refractivity contribution in [3.8, 4) is 44.8 Å². The van der Waals surface area contributed by atoms with E-state index in [2.05, 4.69) is 240 Å². The monoisotopic (exact) mass is 786 g/mol. The molecule has 0 spiro atoms. The molecule has 2 aromatic heterocycles. The zero-order chi connectivity index (χ0) is 40.7. The first-order valence-electron chi connectivity index (χ1n) is 21.4. The summed E-state index contributed by atoms with van der Waals surface area (Å²) < 4.78 is 4.78. The van der Waals surface area contributed by atoms with Gasteiger partial charge in [0.25, 0.3) is 0 Å². The van der Waals surface area contributed by atoms with E-state index in [1.807, 2.05) is 0 Å². The Morgan fingerprint density at radius 1 is 0.177 bits per heavy atom. The maximum atomic E-state index is 2.41. The Bertz CT molecular complexity index is 3850. The van der Waals surface area contributed by atoms with Crippen molar-refractivity contribution in [1.82, 2.24) is 9.13 Å². The quantitative estimate of drug-likeness (QED) is 0.154. The molecule has 2 nitrogen and oxygen atoms in total. The van der Waals surface area contributed by atoms with Crippen LogP contribution in [0.1, 0.15) is 0 Å². The first-order chi connectivity index (χ1) is 30.7. The fraction of sp³-hybridized carbons (Fsp3) is 0. The third kappa shape index (κ3) is 5.30. The minimum absolute atomic E-state index is 1.15. The fourth-order valence-electron chi connectivity index (χ4n) is 10.2. The van der Waals surface area contributed by atoms with Crippen LogP contribution in [-0.4, -0.2) is 9.13 Å². The van der Waals surface area contributed by atoms with Gasteiger partial charge < -0.3 is 9.13 Å². The van der Waals surface area contributed by atoms with Crippen LogP contribution in [0.3, 0.4) is 0 Å². The molecule has 0 aliphatic carbocycles. The summed E-state index contributed by atoms with van der Waals surface area (Å²) in [6, 6.07) is 84.6. The van der Waals surface area contributed by atoms with Gasteiger partial charge in [0.05, 0.1) is 22.1 Å². The number of hydrogen-bond acceptors (Lipinski definition) is 0. The number of rotatable bonds is 5. The Labute approximate surface area is 358 Å². The minimum atomic E-state index is 1.15. The number of aromatic nitrogens is 2. The summed E-state index contributed by atoms with van der Waals surface area (Å²) in [6.45, 7) is 0. The third-order valence-electron chi connectivity index (χ3n) is 13.1. The Morgan fingerprint density at radius 2 is 0.484 bits per heavy atom. The van der Waals surface area contributed by atoms with Crippen LogP contribution in [0.15, 0.2) is 231 Å². The molecule has 0 amide bonds. The van der Waals surface area contributed by atoms with Crippen molar-refractivity contribution >= 4 is 75.9 Å². The molecule has 0 saturated heterocycles. The van der Waals surface area contributed by atoms with Crippen LogP contribution < -0.4 is 0 Å². The molecule has 13 aromatic rings. The summed E-state index contributed by atoms with van der Waals surface area (Å²) in [4.78, 5) is 0. The summed E-state index contributed by atoms with van der Waals surface area (Å²) in [5.41, 5.74) is 14.4. The van der Waals surface area contributed by atoms with Gasteiger partial charge >= 0.3 is 0 Å². The minimum Gasteiger partial charge on any atom is -0.309 e. The fourth-order valence-corrected chi connectivity index (χ4v) is 10.2. The molecule has 0 radical (unpaired) electrons. The molecule has 62 heavy (non-hydrogen) atoms. The summed E-state index contributed by atoms with van der Waals surface area (Å²) in [6.07, 6.45) is 0. The van der Waals surface area contributed by atoms with Crippen LogP contribution in [0, 0.1) is 0 Å². The molecule has 0 aliphatic heterocycles. The Morgan fingerprint density at radius 3 is 1.00 bits per heavy atom. The second-order valence-electron chi connectivity index (χ2n) is 16.5. The van der Waals surface area contributed by atoms with Gasteiger partial charge in [0, 0.05) is 32.9 Å². The zero-order valence-electron chi connectivity index (χ0n) is 33.8. The van der Waals surface area contributed by atoms with Gasteiger partial charge in [0.1, 0.15) is 0 Å². The van der Waals surface area contributed by atoms with E-state index in [0.29, 0.717) is 0 Å². The SMILES string of the molecule is c1ccc(-n2c3ccccc3c3cc(-c4ccc5c(c4)c4ccccc4n5-c4ccc(-c5ccc(-c6ccc7c8ccccc8c8ccccc8c7c6)cc5)cc4)ccc32)cc1. The van der Waals surface area contributed by atoms with Crippen molar-refractivity contribution in [2.24, 2.45) is 0 Å². The molecule has 0 bridgehead atoms. The van der Waals surface area contributed by atoms with E-state index >= 15 is 0 Å². The lowest BCUT2D eigenvalue weighted by Gasteiger charge is -2.12. The second-order valence-corrected chi connectivity index (χ2v) is 16.5. The zero-order valence-corrected chi connectivity index (χ0v) is 33.8. The van der Waals surface area contributed by atoms with E-state index in [1.54, 1.807) is 0 Å². The molecular formula is C60H38N2. The van der Waals surface area contributed by atoms with Crippen molar-refractivity contribution in [2.45, 2.75) is 0 Å². The number of nitrogens with zero attached hydrogens (tertiary/aromatic N) is 2. The highest BCUT2D eigenvalue weighted by Gasteiger charge is 2.17. The van der Waals surface area contributed by atoms with Gasteiger partial charge in [-0.2, -0.15) is 0 Å². The molecule has 11 aromatic carbocycles. The predicted molar refractivity (Wildman–Crippen MR) is 264 cm³/mol. The van der Waals surface area contributed by atoms with Crippen molar-refractivity contribution in [1.29, 1.82) is 0 Å². The average molecular weight is 787 g/mol. The third-order valence-corrected chi connectivity index (χ3v) is 13.1. The average Bonchev–Trinajstić information content (AvgIpc) is 3.86. The molecule has 0 unspecified atom stereocenters. The van der Waals surface area contributed by atoms with E-state index in [-0.39, 0.29) is 0 Å². The van der Waals surface area contributed by atoms with E-state index in [1.165, 1.54) is 115 Å². The van der Waals surface area contributed by atoms with Crippen LogP contribution in [0.2, 0.25) is 0 Å². The van der Waals surface area contributed by atoms with Crippen LogP contribution in [-0.2, 0) is 0 Å². The molecule has 2 heterocycles. The lowest BCUT2D eigenvalue weighted by atomic mass is 9.92. The van der Waals surface area contributed by atoms with E-state index < -0.39 is 0 Å². The Hall–Kier alpha value is -8.20. The van der Waals surface area contributed by atoms with Gasteiger partial charge in [-0.05, 0) is 132 Å².